The molecule has 0 spiro atoms. The van der Waals surface area contributed by atoms with E-state index in [0.29, 0.717) is 29.9 Å². The Balaban J connectivity index is 1.20. The number of aromatic nitrogens is 4. The van der Waals surface area contributed by atoms with E-state index in [1.165, 1.54) is 29.4 Å². The fourth-order valence-corrected chi connectivity index (χ4v) is 5.07. The first-order valence-corrected chi connectivity index (χ1v) is 14.2. The monoisotopic (exact) mass is 605 g/mol. The van der Waals surface area contributed by atoms with Crippen molar-refractivity contribution in [2.75, 3.05) is 18.5 Å². The van der Waals surface area contributed by atoms with E-state index in [4.69, 9.17) is 9.47 Å². The van der Waals surface area contributed by atoms with E-state index in [9.17, 15) is 34.0 Å². The van der Waals surface area contributed by atoms with Gasteiger partial charge < -0.3 is 25.0 Å². The predicted octanol–water partition coefficient (Wildman–Crippen LogP) is 5.11. The fourth-order valence-electron chi connectivity index (χ4n) is 4.42. The van der Waals surface area contributed by atoms with Gasteiger partial charge in [-0.15, -0.1) is 0 Å². The second kappa shape index (κ2) is 10.1. The van der Waals surface area contributed by atoms with Gasteiger partial charge in [0.05, 0.1) is 19.5 Å². The average molecular weight is 606 g/mol. The van der Waals surface area contributed by atoms with Gasteiger partial charge in [-0.3, -0.25) is 4.57 Å². The fraction of sp³-hybridized carbons (Fsp3) is 0.320. The Hall–Kier alpha value is -3.44. The summed E-state index contributed by atoms with van der Waals surface area (Å²) in [7, 11) is -9.77. The number of benzene rings is 2. The molecule has 0 radical (unpaired) electrons. The van der Waals surface area contributed by atoms with Crippen molar-refractivity contribution in [3.63, 3.8) is 0 Å². The number of ether oxygens (including phenoxy) is 2. The molecule has 0 bridgehead atoms. The van der Waals surface area contributed by atoms with E-state index in [0.717, 1.165) is 17.7 Å². The molecular weight excluding hydrogens is 580 g/mol. The first kappa shape index (κ1) is 29.1. The summed E-state index contributed by atoms with van der Waals surface area (Å²) in [6.45, 7) is -0.0851. The van der Waals surface area contributed by atoms with E-state index in [-0.39, 0.29) is 36.7 Å². The van der Waals surface area contributed by atoms with Gasteiger partial charge in [0.1, 0.15) is 35.4 Å². The molecule has 3 heterocycles. The molecule has 2 aromatic carbocycles. The number of aliphatic hydroxyl groups is 2. The van der Waals surface area contributed by atoms with Crippen LogP contribution in [-0.4, -0.2) is 61.2 Å². The quantitative estimate of drug-likeness (QED) is 0.214. The van der Waals surface area contributed by atoms with E-state index in [1.54, 1.807) is 12.1 Å². The highest BCUT2D eigenvalue weighted by molar-refractivity contribution is 8.45. The SMILES string of the molecule is O[C@@H]1[C@H](O)[C@@H](COCc2ccc(S(F)(F)(F)(F)F)cc2)O[C@H]1n1cnc2c(NCCc3cccc(F)c3)ncnc21. The Kier molecular flexibility index (Phi) is 7.18. The van der Waals surface area contributed by atoms with Gasteiger partial charge in [-0.1, -0.05) is 43.7 Å². The van der Waals surface area contributed by atoms with Gasteiger partial charge in [-0.05, 0) is 41.8 Å². The van der Waals surface area contributed by atoms with Crippen LogP contribution in [0.5, 0.6) is 0 Å². The Labute approximate surface area is 229 Å². The van der Waals surface area contributed by atoms with Crippen LogP contribution in [0.15, 0.2) is 66.1 Å². The zero-order valence-electron chi connectivity index (χ0n) is 21.1. The first-order valence-electron chi connectivity index (χ1n) is 12.3. The number of aliphatic hydroxyl groups excluding tert-OH is 2. The predicted molar refractivity (Wildman–Crippen MR) is 137 cm³/mol. The molecule has 1 fully saturated rings. The van der Waals surface area contributed by atoms with E-state index >= 15 is 0 Å². The summed E-state index contributed by atoms with van der Waals surface area (Å²) in [4.78, 5) is 10.7. The third-order valence-electron chi connectivity index (χ3n) is 6.48. The van der Waals surface area contributed by atoms with Crippen molar-refractivity contribution < 1.29 is 43.5 Å². The molecule has 4 aromatic rings. The lowest BCUT2D eigenvalue weighted by atomic mass is 10.1. The molecule has 2 aromatic heterocycles. The molecule has 41 heavy (non-hydrogen) atoms. The van der Waals surface area contributed by atoms with Gasteiger partial charge in [-0.25, -0.2) is 19.3 Å². The van der Waals surface area contributed by atoms with E-state index in [1.807, 2.05) is 0 Å². The van der Waals surface area contributed by atoms with Crippen molar-refractivity contribution in [2.24, 2.45) is 0 Å². The van der Waals surface area contributed by atoms with Crippen LogP contribution in [0.4, 0.5) is 29.6 Å². The Morgan fingerprint density at radius 2 is 1.71 bits per heavy atom. The molecule has 0 amide bonds. The third kappa shape index (κ3) is 6.56. The second-order valence-electron chi connectivity index (χ2n) is 9.53. The molecule has 222 valence electrons. The average Bonchev–Trinajstić information content (AvgIpc) is 3.45. The smallest absolute Gasteiger partial charge is 0.310 e. The maximum absolute atomic E-state index is 13.4. The number of nitrogens with zero attached hydrogens (tertiary/aromatic N) is 4. The molecule has 0 saturated carbocycles. The van der Waals surface area contributed by atoms with Gasteiger partial charge in [0.15, 0.2) is 23.2 Å². The highest BCUT2D eigenvalue weighted by atomic mass is 32.5. The normalized spacial score (nSPS) is 22.9. The molecule has 0 unspecified atom stereocenters. The lowest BCUT2D eigenvalue weighted by Crippen LogP contribution is -2.33. The maximum Gasteiger partial charge on any atom is 0.310 e. The van der Waals surface area contributed by atoms with Gasteiger partial charge >= 0.3 is 10.2 Å². The number of anilines is 1. The molecule has 1 aliphatic rings. The van der Waals surface area contributed by atoms with Crippen molar-refractivity contribution >= 4 is 27.2 Å². The number of nitrogens with one attached hydrogen (secondary N) is 1. The van der Waals surface area contributed by atoms with Gasteiger partial charge in [0, 0.05) is 6.54 Å². The number of imidazole rings is 1. The maximum atomic E-state index is 13.4. The van der Waals surface area contributed by atoms with E-state index < -0.39 is 39.7 Å². The number of halogens is 6. The minimum Gasteiger partial charge on any atom is -0.387 e. The number of hydrogen-bond donors (Lipinski definition) is 3. The Bertz CT molecular complexity index is 1540. The molecule has 9 nitrogen and oxygen atoms in total. The van der Waals surface area contributed by atoms with Crippen LogP contribution in [0.1, 0.15) is 17.4 Å². The summed E-state index contributed by atoms with van der Waals surface area (Å²) in [6.07, 6.45) is -1.76. The summed E-state index contributed by atoms with van der Waals surface area (Å²) < 4.78 is 90.5. The molecule has 4 atom stereocenters. The number of hydrogen-bond acceptors (Lipinski definition) is 8. The second-order valence-corrected chi connectivity index (χ2v) is 11.9. The zero-order chi connectivity index (χ0) is 29.5. The largest absolute Gasteiger partial charge is 0.387 e. The van der Waals surface area contributed by atoms with Gasteiger partial charge in [-0.2, -0.15) is 0 Å². The molecule has 0 aliphatic carbocycles. The van der Waals surface area contributed by atoms with Crippen molar-refractivity contribution in [3.05, 3.63) is 78.1 Å². The molecular formula is C25H25F6N5O4S. The minimum absolute atomic E-state index is 0.190. The van der Waals surface area contributed by atoms with Crippen LogP contribution in [0.3, 0.4) is 0 Å². The van der Waals surface area contributed by atoms with Crippen molar-refractivity contribution in [1.29, 1.82) is 0 Å². The summed E-state index contributed by atoms with van der Waals surface area (Å²) in [5.41, 5.74) is 1.65. The van der Waals surface area contributed by atoms with Crippen LogP contribution in [0.25, 0.3) is 11.2 Å². The Morgan fingerprint density at radius 1 is 0.951 bits per heavy atom. The summed E-state index contributed by atoms with van der Waals surface area (Å²) in [6, 6.07) is 8.53. The first-order chi connectivity index (χ1) is 19.2. The van der Waals surface area contributed by atoms with Crippen molar-refractivity contribution in [2.45, 2.75) is 42.5 Å². The Morgan fingerprint density at radius 3 is 2.41 bits per heavy atom. The standard InChI is InChI=1S/C25H25F6N5O4S/c26-17-3-1-2-15(10-17)8-9-32-23-20-24(34-13-33-23)36(14-35-20)25-22(38)21(37)19(40-25)12-39-11-16-4-6-18(7-5-16)41(27,28,29,30)31/h1-7,10,13-14,19,21-22,25,37-38H,8-9,11-12H2,(H,32,33,34)/t19-,21-,22-,25-/m1/s1. The summed E-state index contributed by atoms with van der Waals surface area (Å²) in [5, 5.41) is 24.3. The molecule has 1 aliphatic heterocycles. The van der Waals surface area contributed by atoms with Crippen LogP contribution in [0, 0.1) is 5.82 Å². The van der Waals surface area contributed by atoms with Gasteiger partial charge in [0.25, 0.3) is 0 Å². The lowest BCUT2D eigenvalue weighted by molar-refractivity contribution is -0.0682. The highest BCUT2D eigenvalue weighted by Crippen LogP contribution is 3.02. The van der Waals surface area contributed by atoms with Crippen LogP contribution in [-0.2, 0) is 22.5 Å². The van der Waals surface area contributed by atoms with E-state index in [2.05, 4.69) is 20.3 Å². The molecule has 16 heteroatoms. The third-order valence-corrected chi connectivity index (χ3v) is 7.65. The minimum atomic E-state index is -9.77. The molecule has 3 N–H and O–H groups in total. The van der Waals surface area contributed by atoms with Crippen molar-refractivity contribution in [3.8, 4) is 0 Å². The zero-order valence-corrected chi connectivity index (χ0v) is 21.9. The van der Waals surface area contributed by atoms with Crippen LogP contribution >= 0.6 is 10.2 Å². The number of rotatable bonds is 10. The molecule has 1 saturated heterocycles. The summed E-state index contributed by atoms with van der Waals surface area (Å²) >= 11 is 0. The highest BCUT2D eigenvalue weighted by Gasteiger charge is 2.65. The van der Waals surface area contributed by atoms with Crippen LogP contribution in [0.2, 0.25) is 0 Å². The molecule has 5 rings (SSSR count). The number of fused-ring (bicyclic) bond motifs is 1. The topological polar surface area (TPSA) is 115 Å². The van der Waals surface area contributed by atoms with Gasteiger partial charge in [0.2, 0.25) is 0 Å². The van der Waals surface area contributed by atoms with Crippen molar-refractivity contribution in [1.82, 2.24) is 19.5 Å². The van der Waals surface area contributed by atoms with Crippen LogP contribution < -0.4 is 5.32 Å². The summed E-state index contributed by atoms with van der Waals surface area (Å²) in [5.74, 6) is 0.0637. The lowest BCUT2D eigenvalue weighted by Gasteiger charge is -2.40.